The van der Waals surface area contributed by atoms with Gasteiger partial charge in [0.15, 0.2) is 0 Å². The van der Waals surface area contributed by atoms with Crippen molar-refractivity contribution in [2.24, 2.45) is 11.5 Å². The maximum atomic E-state index is 12.6. The molecule has 0 fully saturated rings. The van der Waals surface area contributed by atoms with E-state index in [0.29, 0.717) is 6.42 Å². The molecule has 2 nitrogen and oxygen atoms in total. The van der Waals surface area contributed by atoms with Gasteiger partial charge in [-0.05, 0) is 24.6 Å². The minimum Gasteiger partial charge on any atom is -0.330 e. The molecule has 0 aliphatic carbocycles. The van der Waals surface area contributed by atoms with Crippen LogP contribution in [0.3, 0.4) is 0 Å². The van der Waals surface area contributed by atoms with Crippen LogP contribution in [0, 0.1) is 0 Å². The Hall–Kier alpha value is -1.07. The highest BCUT2D eigenvalue weighted by Gasteiger charge is 2.33. The summed E-state index contributed by atoms with van der Waals surface area (Å²) in [6.45, 7) is 0.271. The zero-order valence-electron chi connectivity index (χ0n) is 8.09. The van der Waals surface area contributed by atoms with E-state index in [1.165, 1.54) is 12.1 Å². The van der Waals surface area contributed by atoms with Crippen LogP contribution in [0.1, 0.15) is 23.6 Å². The fourth-order valence-electron chi connectivity index (χ4n) is 1.41. The Bertz CT molecular complexity index is 323. The van der Waals surface area contributed by atoms with Gasteiger partial charge in [-0.2, -0.15) is 13.2 Å². The fourth-order valence-corrected chi connectivity index (χ4v) is 1.41. The molecule has 0 aliphatic heterocycles. The Labute approximate surface area is 86.1 Å². The second-order valence-electron chi connectivity index (χ2n) is 3.27. The lowest BCUT2D eigenvalue weighted by Crippen LogP contribution is -2.20. The molecule has 0 bridgehead atoms. The topological polar surface area (TPSA) is 52.0 Å². The normalized spacial score (nSPS) is 13.9. The third kappa shape index (κ3) is 2.94. The largest absolute Gasteiger partial charge is 0.416 e. The second kappa shape index (κ2) is 4.63. The monoisotopic (exact) mass is 218 g/mol. The summed E-state index contributed by atoms with van der Waals surface area (Å²) in [6.07, 6.45) is -4.02. The molecule has 0 spiro atoms. The maximum absolute atomic E-state index is 12.6. The molecule has 5 heteroatoms. The van der Waals surface area contributed by atoms with Crippen molar-refractivity contribution in [3.63, 3.8) is 0 Å². The number of rotatable bonds is 3. The van der Waals surface area contributed by atoms with Gasteiger partial charge in [-0.25, -0.2) is 0 Å². The third-order valence-electron chi connectivity index (χ3n) is 2.14. The predicted octanol–water partition coefficient (Wildman–Crippen LogP) is 2.05. The minimum atomic E-state index is -4.36. The summed E-state index contributed by atoms with van der Waals surface area (Å²) in [6, 6.07) is 4.66. The zero-order valence-corrected chi connectivity index (χ0v) is 8.09. The van der Waals surface area contributed by atoms with Gasteiger partial charge in [0.25, 0.3) is 0 Å². The van der Waals surface area contributed by atoms with Gasteiger partial charge in [-0.3, -0.25) is 0 Å². The average Bonchev–Trinajstić information content (AvgIpc) is 2.17. The van der Waals surface area contributed by atoms with E-state index in [-0.39, 0.29) is 12.1 Å². The summed E-state index contributed by atoms with van der Waals surface area (Å²) in [4.78, 5) is 0. The Morgan fingerprint density at radius 3 is 2.33 bits per heavy atom. The molecular formula is C10H13F3N2. The number of hydrogen-bond donors (Lipinski definition) is 2. The van der Waals surface area contributed by atoms with Crippen LogP contribution < -0.4 is 11.5 Å². The number of alkyl halides is 3. The first-order chi connectivity index (χ1) is 6.96. The van der Waals surface area contributed by atoms with Crippen molar-refractivity contribution >= 4 is 0 Å². The SMILES string of the molecule is NCCC(N)c1ccccc1C(F)(F)F. The van der Waals surface area contributed by atoms with Gasteiger partial charge in [0.1, 0.15) is 0 Å². The van der Waals surface area contributed by atoms with Crippen LogP contribution in [0.2, 0.25) is 0 Å². The molecule has 0 amide bonds. The van der Waals surface area contributed by atoms with Crippen LogP contribution in [0.4, 0.5) is 13.2 Å². The van der Waals surface area contributed by atoms with E-state index in [1.807, 2.05) is 0 Å². The second-order valence-corrected chi connectivity index (χ2v) is 3.27. The molecule has 1 unspecified atom stereocenters. The van der Waals surface area contributed by atoms with Gasteiger partial charge in [0.2, 0.25) is 0 Å². The van der Waals surface area contributed by atoms with E-state index in [9.17, 15) is 13.2 Å². The van der Waals surface area contributed by atoms with E-state index in [2.05, 4.69) is 0 Å². The lowest BCUT2D eigenvalue weighted by atomic mass is 9.98. The van der Waals surface area contributed by atoms with Crippen molar-refractivity contribution in [3.05, 3.63) is 35.4 Å². The molecule has 84 valence electrons. The van der Waals surface area contributed by atoms with Gasteiger partial charge in [-0.1, -0.05) is 18.2 Å². The first-order valence-corrected chi connectivity index (χ1v) is 4.58. The van der Waals surface area contributed by atoms with Gasteiger partial charge in [0, 0.05) is 6.04 Å². The molecular weight excluding hydrogens is 205 g/mol. The molecule has 15 heavy (non-hydrogen) atoms. The van der Waals surface area contributed by atoms with Crippen molar-refractivity contribution < 1.29 is 13.2 Å². The highest BCUT2D eigenvalue weighted by atomic mass is 19.4. The number of nitrogens with two attached hydrogens (primary N) is 2. The fraction of sp³-hybridized carbons (Fsp3) is 0.400. The molecule has 1 rings (SSSR count). The van der Waals surface area contributed by atoms with Gasteiger partial charge in [0.05, 0.1) is 5.56 Å². The summed E-state index contributed by atoms with van der Waals surface area (Å²) < 4.78 is 37.7. The number of benzene rings is 1. The van der Waals surface area contributed by atoms with Crippen LogP contribution in [0.5, 0.6) is 0 Å². The van der Waals surface area contributed by atoms with Crippen molar-refractivity contribution in [2.75, 3.05) is 6.54 Å². The smallest absolute Gasteiger partial charge is 0.330 e. The van der Waals surface area contributed by atoms with E-state index in [1.54, 1.807) is 6.07 Å². The molecule has 1 aromatic rings. The lowest BCUT2D eigenvalue weighted by molar-refractivity contribution is -0.138. The highest BCUT2D eigenvalue weighted by molar-refractivity contribution is 5.32. The van der Waals surface area contributed by atoms with E-state index in [4.69, 9.17) is 11.5 Å². The molecule has 0 heterocycles. The van der Waals surface area contributed by atoms with Crippen LogP contribution in [0.25, 0.3) is 0 Å². The van der Waals surface area contributed by atoms with E-state index < -0.39 is 17.8 Å². The Kier molecular flexibility index (Phi) is 3.71. The van der Waals surface area contributed by atoms with Gasteiger partial charge >= 0.3 is 6.18 Å². The standard InChI is InChI=1S/C10H13F3N2/c11-10(12,13)8-4-2-1-3-7(8)9(15)5-6-14/h1-4,9H,5-6,14-15H2. The maximum Gasteiger partial charge on any atom is 0.416 e. The lowest BCUT2D eigenvalue weighted by Gasteiger charge is -2.17. The summed E-state index contributed by atoms with van der Waals surface area (Å²) in [5.74, 6) is 0. The quantitative estimate of drug-likeness (QED) is 0.815. The summed E-state index contributed by atoms with van der Waals surface area (Å²) in [5, 5.41) is 0. The molecule has 0 radical (unpaired) electrons. The number of hydrogen-bond acceptors (Lipinski definition) is 2. The summed E-state index contributed by atoms with van der Waals surface area (Å²) >= 11 is 0. The van der Waals surface area contributed by atoms with Crippen molar-refractivity contribution in [3.8, 4) is 0 Å². The van der Waals surface area contributed by atoms with Gasteiger partial charge < -0.3 is 11.5 Å². The first kappa shape index (κ1) is 12.0. The van der Waals surface area contributed by atoms with E-state index >= 15 is 0 Å². The third-order valence-corrected chi connectivity index (χ3v) is 2.14. The van der Waals surface area contributed by atoms with Crippen molar-refractivity contribution in [1.29, 1.82) is 0 Å². The van der Waals surface area contributed by atoms with Gasteiger partial charge in [-0.15, -0.1) is 0 Å². The first-order valence-electron chi connectivity index (χ1n) is 4.58. The summed E-state index contributed by atoms with van der Waals surface area (Å²) in [7, 11) is 0. The molecule has 4 N–H and O–H groups in total. The minimum absolute atomic E-state index is 0.107. The summed E-state index contributed by atoms with van der Waals surface area (Å²) in [5.41, 5.74) is 10.3. The molecule has 1 aromatic carbocycles. The molecule has 0 saturated heterocycles. The Morgan fingerprint density at radius 1 is 1.20 bits per heavy atom. The number of halogens is 3. The van der Waals surface area contributed by atoms with Crippen molar-refractivity contribution in [1.82, 2.24) is 0 Å². The molecule has 0 saturated carbocycles. The van der Waals surface area contributed by atoms with Crippen LogP contribution in [0.15, 0.2) is 24.3 Å². The molecule has 1 atom stereocenters. The molecule has 0 aliphatic rings. The Balaban J connectivity index is 3.06. The van der Waals surface area contributed by atoms with Crippen LogP contribution in [-0.2, 0) is 6.18 Å². The highest BCUT2D eigenvalue weighted by Crippen LogP contribution is 2.34. The predicted molar refractivity (Wildman–Crippen MR) is 52.0 cm³/mol. The van der Waals surface area contributed by atoms with Crippen LogP contribution >= 0.6 is 0 Å². The zero-order chi connectivity index (χ0) is 11.5. The van der Waals surface area contributed by atoms with Crippen molar-refractivity contribution in [2.45, 2.75) is 18.6 Å². The molecule has 0 aromatic heterocycles. The van der Waals surface area contributed by atoms with E-state index in [0.717, 1.165) is 6.07 Å². The Morgan fingerprint density at radius 2 is 1.80 bits per heavy atom. The van der Waals surface area contributed by atoms with Crippen LogP contribution in [-0.4, -0.2) is 6.54 Å². The average molecular weight is 218 g/mol.